The molecule has 5 rings (SSSR count). The van der Waals surface area contributed by atoms with Gasteiger partial charge < -0.3 is 0 Å². The molecule has 2 fully saturated rings. The molecule has 0 amide bonds. The molecule has 0 spiro atoms. The summed E-state index contributed by atoms with van der Waals surface area (Å²) in [4.78, 5) is 0.841. The van der Waals surface area contributed by atoms with Crippen LogP contribution in [-0.4, -0.2) is 4.21 Å². The van der Waals surface area contributed by atoms with Crippen LogP contribution in [0.5, 0.6) is 0 Å². The molecule has 10 radical (unpaired) electrons. The maximum Gasteiger partial charge on any atom is 2.00 e. The first-order valence-electron chi connectivity index (χ1n) is 9.63. The summed E-state index contributed by atoms with van der Waals surface area (Å²) in [6.45, 7) is 2.04. The van der Waals surface area contributed by atoms with Crippen LogP contribution in [0.4, 0.5) is 0 Å². The minimum atomic E-state index is -1.18. The molecule has 0 unspecified atom stereocenters. The zero-order chi connectivity index (χ0) is 20.1. The van der Waals surface area contributed by atoms with Crippen molar-refractivity contribution in [2.24, 2.45) is 0 Å². The molecule has 0 aliphatic heterocycles. The number of hydrogen-bond acceptors (Lipinski definition) is 1. The fraction of sp³-hybridized carbons (Fsp3) is 0.0370. The van der Waals surface area contributed by atoms with Crippen molar-refractivity contribution in [3.63, 3.8) is 0 Å². The molecule has 2 aliphatic carbocycles. The fourth-order valence-corrected chi connectivity index (χ4v) is 4.57. The Hall–Kier alpha value is -1.41. The Morgan fingerprint density at radius 3 is 2.00 bits per heavy atom. The van der Waals surface area contributed by atoms with E-state index in [0.717, 1.165) is 21.6 Å². The normalized spacial score (nSPS) is 17.9. The van der Waals surface area contributed by atoms with Crippen LogP contribution in [0, 0.1) is 69.5 Å². The third-order valence-corrected chi connectivity index (χ3v) is 6.30. The molecule has 0 N–H and O–H groups in total. The van der Waals surface area contributed by atoms with E-state index in [0.29, 0.717) is 0 Å². The maximum absolute atomic E-state index is 13.1. The average molecular weight is 450 g/mol. The third-order valence-electron chi connectivity index (χ3n) is 4.85. The van der Waals surface area contributed by atoms with E-state index in [9.17, 15) is 4.21 Å². The van der Waals surface area contributed by atoms with E-state index in [1.807, 2.05) is 88.3 Å². The Labute approximate surface area is 194 Å². The summed E-state index contributed by atoms with van der Waals surface area (Å²) >= 11 is 0. The second kappa shape index (κ2) is 11.3. The molecule has 3 aromatic carbocycles. The van der Waals surface area contributed by atoms with Gasteiger partial charge in [-0.2, -0.15) is 0 Å². The summed E-state index contributed by atoms with van der Waals surface area (Å²) in [7, 11) is -1.18. The van der Waals surface area contributed by atoms with Crippen LogP contribution in [0.2, 0.25) is 0 Å². The van der Waals surface area contributed by atoms with Gasteiger partial charge >= 0.3 is 17.1 Å². The molecule has 0 heterocycles. The monoisotopic (exact) mass is 450 g/mol. The van der Waals surface area contributed by atoms with Gasteiger partial charge in [0.2, 0.25) is 0 Å². The van der Waals surface area contributed by atoms with Gasteiger partial charge in [-0.15, -0.1) is 0 Å². The van der Waals surface area contributed by atoms with Crippen LogP contribution >= 0.6 is 0 Å². The van der Waals surface area contributed by atoms with E-state index in [2.05, 4.69) is 36.8 Å². The fourth-order valence-electron chi connectivity index (χ4n) is 3.36. The predicted molar refractivity (Wildman–Crippen MR) is 122 cm³/mol. The molecule has 30 heavy (non-hydrogen) atoms. The quantitative estimate of drug-likeness (QED) is 0.444. The molecule has 0 bridgehead atoms. The number of benzene rings is 3. The van der Waals surface area contributed by atoms with Gasteiger partial charge in [0.15, 0.2) is 0 Å². The molecule has 3 heteroatoms. The van der Waals surface area contributed by atoms with Gasteiger partial charge in [0.25, 0.3) is 0 Å². The minimum Gasteiger partial charge on any atom is -0.254 e. The standard InChI is InChI=1S/C22H17OS.C5H5.Fe/c1-16-12-14-18(15-13-16)24(23)22-11-5-10-21(22)20-9-4-7-17-6-2-3-8-19(17)20;1-2-4-5-3-1;/h2-15H,1H3;1-5H;/q;;+2/t24-;;/m0../s1. The van der Waals surface area contributed by atoms with Gasteiger partial charge in [-0.25, -0.2) is 0 Å². The van der Waals surface area contributed by atoms with Crippen molar-refractivity contribution in [1.82, 2.24) is 0 Å². The molecule has 0 saturated heterocycles. The Kier molecular flexibility index (Phi) is 8.74. The first-order chi connectivity index (χ1) is 14.2. The van der Waals surface area contributed by atoms with Crippen LogP contribution in [0.1, 0.15) is 11.1 Å². The molecular weight excluding hydrogens is 428 g/mol. The SMILES string of the molecule is Cc1ccc([S@](=O)[C]2[CH][CH][CH][C]2c2cccc3ccccc23)cc1.[CH]1[CH][CH][CH][CH]1.[Fe+2]. The summed E-state index contributed by atoms with van der Waals surface area (Å²) in [6, 6.07) is 22.5. The zero-order valence-corrected chi connectivity index (χ0v) is 18.6. The van der Waals surface area contributed by atoms with Crippen LogP contribution in [0.25, 0.3) is 10.8 Å². The number of fused-ring (bicyclic) bond motifs is 1. The van der Waals surface area contributed by atoms with Crippen molar-refractivity contribution in [3.8, 4) is 0 Å². The van der Waals surface area contributed by atoms with Crippen LogP contribution < -0.4 is 0 Å². The summed E-state index contributed by atoms with van der Waals surface area (Å²) in [5.41, 5.74) is 2.31. The van der Waals surface area contributed by atoms with E-state index in [-0.39, 0.29) is 17.1 Å². The summed E-state index contributed by atoms with van der Waals surface area (Å²) < 4.78 is 13.1. The molecule has 1 atom stereocenters. The first-order valence-corrected chi connectivity index (χ1v) is 10.8. The van der Waals surface area contributed by atoms with Crippen molar-refractivity contribution >= 4 is 21.6 Å². The Balaban J connectivity index is 0.000000376. The number of aryl methyl sites for hydroxylation is 1. The topological polar surface area (TPSA) is 17.1 Å². The van der Waals surface area contributed by atoms with Crippen LogP contribution in [-0.2, 0) is 27.9 Å². The van der Waals surface area contributed by atoms with Crippen molar-refractivity contribution in [1.29, 1.82) is 0 Å². The molecule has 1 nitrogen and oxygen atoms in total. The zero-order valence-electron chi connectivity index (χ0n) is 16.6. The van der Waals surface area contributed by atoms with E-state index < -0.39 is 10.8 Å². The molecule has 0 aromatic heterocycles. The Morgan fingerprint density at radius 2 is 1.30 bits per heavy atom. The van der Waals surface area contributed by atoms with Crippen molar-refractivity contribution in [3.05, 3.63) is 140 Å². The van der Waals surface area contributed by atoms with Crippen molar-refractivity contribution in [2.75, 3.05) is 0 Å². The predicted octanol–water partition coefficient (Wildman–Crippen LogP) is 6.06. The van der Waals surface area contributed by atoms with Crippen molar-refractivity contribution in [2.45, 2.75) is 11.8 Å². The largest absolute Gasteiger partial charge is 2.00 e. The van der Waals surface area contributed by atoms with Crippen LogP contribution in [0.3, 0.4) is 0 Å². The van der Waals surface area contributed by atoms with Gasteiger partial charge in [0.05, 0.1) is 16.0 Å². The molecule has 2 saturated carbocycles. The first kappa shape index (κ1) is 23.3. The molecule has 3 aromatic rings. The van der Waals surface area contributed by atoms with E-state index >= 15 is 0 Å². The second-order valence-electron chi connectivity index (χ2n) is 6.87. The molecule has 2 aliphatic rings. The van der Waals surface area contributed by atoms with E-state index in [1.54, 1.807) is 0 Å². The van der Waals surface area contributed by atoms with Crippen molar-refractivity contribution < 1.29 is 21.3 Å². The molecular formula is C27H22FeOS+2. The van der Waals surface area contributed by atoms with Gasteiger partial charge in [0, 0.05) is 10.8 Å². The smallest absolute Gasteiger partial charge is 0.254 e. The summed E-state index contributed by atoms with van der Waals surface area (Å²) in [5.74, 6) is 1.05. The van der Waals surface area contributed by atoms with E-state index in [4.69, 9.17) is 0 Å². The summed E-state index contributed by atoms with van der Waals surface area (Å²) in [6.07, 6.45) is 16.0. The second-order valence-corrected chi connectivity index (χ2v) is 8.32. The minimum absolute atomic E-state index is 0. The number of hydrogen-bond donors (Lipinski definition) is 0. The van der Waals surface area contributed by atoms with Gasteiger partial charge in [-0.1, -0.05) is 60.2 Å². The maximum atomic E-state index is 13.1. The average Bonchev–Trinajstić information content (AvgIpc) is 3.48. The van der Waals surface area contributed by atoms with Gasteiger partial charge in [-0.05, 0) is 86.8 Å². The summed E-state index contributed by atoms with van der Waals surface area (Å²) in [5, 5.41) is 3.26. The van der Waals surface area contributed by atoms with Gasteiger partial charge in [-0.3, -0.25) is 4.21 Å². The molecule has 148 valence electrons. The number of rotatable bonds is 3. The Bertz CT molecular complexity index is 949. The van der Waals surface area contributed by atoms with E-state index in [1.165, 1.54) is 16.3 Å². The third kappa shape index (κ3) is 5.44. The Morgan fingerprint density at radius 1 is 0.667 bits per heavy atom. The van der Waals surface area contributed by atoms with Gasteiger partial charge in [0.1, 0.15) is 0 Å². The van der Waals surface area contributed by atoms with Crippen LogP contribution in [0.15, 0.2) is 71.6 Å².